The number of anilines is 1. The summed E-state index contributed by atoms with van der Waals surface area (Å²) in [6.07, 6.45) is 0.307. The molecule has 154 valence electrons. The molecule has 0 unspecified atom stereocenters. The summed E-state index contributed by atoms with van der Waals surface area (Å²) >= 11 is 0. The monoisotopic (exact) mass is 394 g/mol. The quantitative estimate of drug-likeness (QED) is 0.589. The largest absolute Gasteiger partial charge is 0.378 e. The van der Waals surface area contributed by atoms with Gasteiger partial charge in [0.2, 0.25) is 5.91 Å². The van der Waals surface area contributed by atoms with E-state index in [4.69, 9.17) is 0 Å². The number of hydrogen-bond acceptors (Lipinski definition) is 3. The van der Waals surface area contributed by atoms with E-state index in [1.54, 1.807) is 9.13 Å². The minimum atomic E-state index is -0.0520. The van der Waals surface area contributed by atoms with Crippen LogP contribution in [0.15, 0.2) is 53.3 Å². The maximum absolute atomic E-state index is 12.8. The lowest BCUT2D eigenvalue weighted by molar-refractivity contribution is -0.131. The summed E-state index contributed by atoms with van der Waals surface area (Å²) in [6, 6.07) is 16.0. The molecule has 0 atom stereocenters. The lowest BCUT2D eigenvalue weighted by Crippen LogP contribution is -2.32. The number of amides is 1. The molecule has 2 aromatic carbocycles. The summed E-state index contributed by atoms with van der Waals surface area (Å²) in [6.45, 7) is 6.17. The van der Waals surface area contributed by atoms with Crippen molar-refractivity contribution in [2.75, 3.05) is 25.5 Å². The highest BCUT2D eigenvalue weighted by Gasteiger charge is 2.16. The highest BCUT2D eigenvalue weighted by atomic mass is 16.2. The second-order valence-electron chi connectivity index (χ2n) is 7.39. The normalized spacial score (nSPS) is 11.0. The maximum atomic E-state index is 12.8. The van der Waals surface area contributed by atoms with Crippen LogP contribution in [0.3, 0.4) is 0 Å². The van der Waals surface area contributed by atoms with Crippen LogP contribution in [0.25, 0.3) is 11.0 Å². The number of nitrogens with zero attached hydrogens (tertiary/aromatic N) is 4. The van der Waals surface area contributed by atoms with Gasteiger partial charge in [0.05, 0.1) is 11.0 Å². The first-order valence-electron chi connectivity index (χ1n) is 10.2. The Morgan fingerprint density at radius 2 is 1.55 bits per heavy atom. The van der Waals surface area contributed by atoms with Gasteiger partial charge in [-0.3, -0.25) is 13.9 Å². The molecule has 29 heavy (non-hydrogen) atoms. The van der Waals surface area contributed by atoms with E-state index < -0.39 is 0 Å². The van der Waals surface area contributed by atoms with E-state index in [0.717, 1.165) is 22.3 Å². The molecule has 0 aliphatic carbocycles. The molecule has 0 N–H and O–H groups in total. The van der Waals surface area contributed by atoms with Gasteiger partial charge in [-0.25, -0.2) is 4.79 Å². The van der Waals surface area contributed by atoms with E-state index in [9.17, 15) is 9.59 Å². The second-order valence-corrected chi connectivity index (χ2v) is 7.39. The van der Waals surface area contributed by atoms with Crippen LogP contribution in [0.2, 0.25) is 0 Å². The lowest BCUT2D eigenvalue weighted by Gasteiger charge is -2.22. The third-order valence-corrected chi connectivity index (χ3v) is 5.35. The van der Waals surface area contributed by atoms with Gasteiger partial charge >= 0.3 is 5.69 Å². The number of aryl methyl sites for hydroxylation is 2. The zero-order valence-electron chi connectivity index (χ0n) is 17.8. The van der Waals surface area contributed by atoms with Gasteiger partial charge in [0.15, 0.2) is 0 Å². The first kappa shape index (κ1) is 20.7. The number of hydrogen-bond donors (Lipinski definition) is 0. The van der Waals surface area contributed by atoms with Crippen molar-refractivity contribution >= 4 is 22.6 Å². The molecular formula is C23H30N4O2. The molecule has 0 radical (unpaired) electrons. The Labute approximate surface area is 172 Å². The Morgan fingerprint density at radius 1 is 0.931 bits per heavy atom. The number of para-hydroxylation sites is 2. The van der Waals surface area contributed by atoms with E-state index in [-0.39, 0.29) is 11.6 Å². The Hall–Kier alpha value is -3.02. The molecule has 1 heterocycles. The number of rotatable bonds is 8. The number of carbonyl (C=O) groups excluding carboxylic acids is 1. The minimum Gasteiger partial charge on any atom is -0.378 e. The van der Waals surface area contributed by atoms with Crippen LogP contribution in [0.1, 0.15) is 25.8 Å². The van der Waals surface area contributed by atoms with E-state index >= 15 is 0 Å². The number of imidazole rings is 1. The molecule has 0 saturated carbocycles. The molecule has 3 aromatic rings. The Kier molecular flexibility index (Phi) is 6.42. The average Bonchev–Trinajstić information content (AvgIpc) is 3.01. The van der Waals surface area contributed by atoms with Crippen LogP contribution in [-0.2, 0) is 24.4 Å². The van der Waals surface area contributed by atoms with Gasteiger partial charge in [0.25, 0.3) is 0 Å². The molecule has 0 aliphatic heterocycles. The van der Waals surface area contributed by atoms with Crippen LogP contribution in [0, 0.1) is 0 Å². The number of fused-ring (bicyclic) bond motifs is 1. The highest BCUT2D eigenvalue weighted by molar-refractivity contribution is 5.78. The average molecular weight is 395 g/mol. The number of aromatic nitrogens is 2. The Bertz CT molecular complexity index is 1030. The van der Waals surface area contributed by atoms with Gasteiger partial charge in [0, 0.05) is 52.4 Å². The summed E-state index contributed by atoms with van der Waals surface area (Å²) in [5.74, 6) is 0.0596. The van der Waals surface area contributed by atoms with E-state index in [2.05, 4.69) is 29.2 Å². The molecule has 1 amide bonds. The van der Waals surface area contributed by atoms with E-state index in [1.165, 1.54) is 0 Å². The Morgan fingerprint density at radius 3 is 2.10 bits per heavy atom. The van der Waals surface area contributed by atoms with Crippen molar-refractivity contribution in [1.29, 1.82) is 0 Å². The summed E-state index contributed by atoms with van der Waals surface area (Å²) < 4.78 is 3.47. The molecule has 6 heteroatoms. The van der Waals surface area contributed by atoms with Crippen molar-refractivity contribution in [2.24, 2.45) is 0 Å². The fourth-order valence-corrected chi connectivity index (χ4v) is 3.66. The van der Waals surface area contributed by atoms with Gasteiger partial charge in [-0.1, -0.05) is 24.3 Å². The van der Waals surface area contributed by atoms with Crippen LogP contribution in [0.5, 0.6) is 0 Å². The SMILES string of the molecule is CCN(Cc1ccc(N(C)C)cc1)C(=O)CCn1c(=O)n(CC)c2ccccc21. The van der Waals surface area contributed by atoms with Crippen LogP contribution in [0.4, 0.5) is 5.69 Å². The number of carbonyl (C=O) groups is 1. The van der Waals surface area contributed by atoms with Crippen LogP contribution < -0.4 is 10.6 Å². The van der Waals surface area contributed by atoms with Crippen LogP contribution in [-0.4, -0.2) is 40.6 Å². The zero-order valence-corrected chi connectivity index (χ0v) is 17.8. The first-order valence-corrected chi connectivity index (χ1v) is 10.2. The Balaban J connectivity index is 1.71. The fraction of sp³-hybridized carbons (Fsp3) is 0.391. The third-order valence-electron chi connectivity index (χ3n) is 5.35. The molecule has 0 fully saturated rings. The summed E-state index contributed by atoms with van der Waals surface area (Å²) in [5, 5.41) is 0. The molecular weight excluding hydrogens is 364 g/mol. The van der Waals surface area contributed by atoms with Crippen molar-refractivity contribution < 1.29 is 4.79 Å². The molecule has 1 aromatic heterocycles. The summed E-state index contributed by atoms with van der Waals surface area (Å²) in [7, 11) is 4.02. The predicted octanol–water partition coefficient (Wildman–Crippen LogP) is 3.33. The van der Waals surface area contributed by atoms with Crippen molar-refractivity contribution in [1.82, 2.24) is 14.0 Å². The van der Waals surface area contributed by atoms with Gasteiger partial charge in [-0.2, -0.15) is 0 Å². The third kappa shape index (κ3) is 4.36. The van der Waals surface area contributed by atoms with Crippen LogP contribution >= 0.6 is 0 Å². The smallest absolute Gasteiger partial charge is 0.329 e. The second kappa shape index (κ2) is 8.99. The van der Waals surface area contributed by atoms with Gasteiger partial charge in [-0.05, 0) is 43.7 Å². The molecule has 6 nitrogen and oxygen atoms in total. The zero-order chi connectivity index (χ0) is 21.0. The standard InChI is InChI=1S/C23H30N4O2/c1-5-25(17-18-11-13-19(14-12-18)24(3)4)22(28)15-16-27-21-10-8-7-9-20(21)26(6-2)23(27)29/h7-14H,5-6,15-17H2,1-4H3. The van der Waals surface area contributed by atoms with Crippen molar-refractivity contribution in [3.8, 4) is 0 Å². The summed E-state index contributed by atoms with van der Waals surface area (Å²) in [4.78, 5) is 29.5. The van der Waals surface area contributed by atoms with Crippen molar-refractivity contribution in [2.45, 2.75) is 39.9 Å². The summed E-state index contributed by atoms with van der Waals surface area (Å²) in [5.41, 5.74) is 3.99. The van der Waals surface area contributed by atoms with Gasteiger partial charge in [-0.15, -0.1) is 0 Å². The molecule has 0 spiro atoms. The van der Waals surface area contributed by atoms with Crippen molar-refractivity contribution in [3.05, 3.63) is 64.6 Å². The molecule has 0 bridgehead atoms. The van der Waals surface area contributed by atoms with Gasteiger partial charge < -0.3 is 9.80 Å². The number of benzene rings is 2. The molecule has 0 aliphatic rings. The fourth-order valence-electron chi connectivity index (χ4n) is 3.66. The first-order chi connectivity index (χ1) is 14.0. The molecule has 3 rings (SSSR count). The minimum absolute atomic E-state index is 0.0520. The van der Waals surface area contributed by atoms with Crippen molar-refractivity contribution in [3.63, 3.8) is 0 Å². The van der Waals surface area contributed by atoms with E-state index in [0.29, 0.717) is 32.6 Å². The highest BCUT2D eigenvalue weighted by Crippen LogP contribution is 2.16. The molecule has 0 saturated heterocycles. The van der Waals surface area contributed by atoms with Gasteiger partial charge in [0.1, 0.15) is 0 Å². The maximum Gasteiger partial charge on any atom is 0.329 e. The van der Waals surface area contributed by atoms with E-state index in [1.807, 2.05) is 57.1 Å². The topological polar surface area (TPSA) is 50.5 Å². The lowest BCUT2D eigenvalue weighted by atomic mass is 10.2. The predicted molar refractivity (Wildman–Crippen MR) is 118 cm³/mol.